The quantitative estimate of drug-likeness (QED) is 0.629. The van der Waals surface area contributed by atoms with Gasteiger partial charge >= 0.3 is 12.3 Å². The summed E-state index contributed by atoms with van der Waals surface area (Å²) in [6, 6.07) is 1.04. The molecule has 0 radical (unpaired) electrons. The minimum absolute atomic E-state index is 0.00110. The molecular formula is C9H6ClF3INO3. The van der Waals surface area contributed by atoms with E-state index >= 15 is 0 Å². The number of aliphatic carboxylic acids is 1. The SMILES string of the molecule is O=C(O)Cc1nc(CCl)cc(OC(F)(F)F)c1I. The van der Waals surface area contributed by atoms with Gasteiger partial charge in [0.1, 0.15) is 5.75 Å². The van der Waals surface area contributed by atoms with Gasteiger partial charge in [0, 0.05) is 6.07 Å². The summed E-state index contributed by atoms with van der Waals surface area (Å²) in [4.78, 5) is 14.4. The van der Waals surface area contributed by atoms with E-state index in [4.69, 9.17) is 16.7 Å². The molecule has 0 saturated carbocycles. The lowest BCUT2D eigenvalue weighted by molar-refractivity contribution is -0.275. The smallest absolute Gasteiger partial charge is 0.481 e. The summed E-state index contributed by atoms with van der Waals surface area (Å²) < 4.78 is 40.3. The number of carboxylic acid groups (broad SMARTS) is 1. The van der Waals surface area contributed by atoms with E-state index in [0.29, 0.717) is 0 Å². The van der Waals surface area contributed by atoms with E-state index < -0.39 is 24.5 Å². The Hall–Kier alpha value is -0.770. The molecular weight excluding hydrogens is 389 g/mol. The first-order chi connectivity index (χ1) is 8.23. The summed E-state index contributed by atoms with van der Waals surface area (Å²) in [7, 11) is 0. The maximum atomic E-state index is 12.2. The van der Waals surface area contributed by atoms with Gasteiger partial charge in [0.15, 0.2) is 0 Å². The van der Waals surface area contributed by atoms with Crippen molar-refractivity contribution in [1.29, 1.82) is 0 Å². The number of ether oxygens (including phenoxy) is 1. The number of aromatic nitrogens is 1. The predicted molar refractivity (Wildman–Crippen MR) is 64.5 cm³/mol. The van der Waals surface area contributed by atoms with E-state index in [9.17, 15) is 18.0 Å². The largest absolute Gasteiger partial charge is 0.573 e. The van der Waals surface area contributed by atoms with Gasteiger partial charge in [0.25, 0.3) is 0 Å². The normalized spacial score (nSPS) is 11.4. The Kier molecular flexibility index (Phi) is 5.02. The molecule has 0 aromatic carbocycles. The Morgan fingerprint density at radius 1 is 1.56 bits per heavy atom. The molecule has 0 saturated heterocycles. The average Bonchev–Trinajstić information content (AvgIpc) is 2.21. The number of carboxylic acids is 1. The van der Waals surface area contributed by atoms with E-state index in [1.165, 1.54) is 0 Å². The Morgan fingerprint density at radius 2 is 2.17 bits per heavy atom. The van der Waals surface area contributed by atoms with E-state index in [-0.39, 0.29) is 20.8 Å². The number of carbonyl (C=O) groups is 1. The Morgan fingerprint density at radius 3 is 2.61 bits per heavy atom. The zero-order chi connectivity index (χ0) is 13.9. The van der Waals surface area contributed by atoms with Crippen LogP contribution in [-0.2, 0) is 17.1 Å². The topological polar surface area (TPSA) is 59.4 Å². The lowest BCUT2D eigenvalue weighted by atomic mass is 10.2. The fourth-order valence-corrected chi connectivity index (χ4v) is 1.85. The van der Waals surface area contributed by atoms with Gasteiger partial charge in [-0.3, -0.25) is 9.78 Å². The molecule has 1 aromatic rings. The first-order valence-electron chi connectivity index (χ1n) is 4.44. The maximum Gasteiger partial charge on any atom is 0.573 e. The molecule has 1 aromatic heterocycles. The second kappa shape index (κ2) is 5.91. The van der Waals surface area contributed by atoms with Crippen molar-refractivity contribution >= 4 is 40.2 Å². The number of hydrogen-bond donors (Lipinski definition) is 1. The lowest BCUT2D eigenvalue weighted by Gasteiger charge is -2.13. The molecule has 0 bridgehead atoms. The van der Waals surface area contributed by atoms with E-state index in [2.05, 4.69) is 9.72 Å². The van der Waals surface area contributed by atoms with Gasteiger partial charge in [-0.05, 0) is 22.6 Å². The van der Waals surface area contributed by atoms with Crippen LogP contribution in [0.25, 0.3) is 0 Å². The fourth-order valence-electron chi connectivity index (χ4n) is 1.14. The first-order valence-corrected chi connectivity index (χ1v) is 6.06. The summed E-state index contributed by atoms with van der Waals surface area (Å²) >= 11 is 7.04. The lowest BCUT2D eigenvalue weighted by Crippen LogP contribution is -2.19. The molecule has 100 valence electrons. The zero-order valence-electron chi connectivity index (χ0n) is 8.59. The van der Waals surface area contributed by atoms with Crippen molar-refractivity contribution in [3.8, 4) is 5.75 Å². The molecule has 0 aliphatic carbocycles. The van der Waals surface area contributed by atoms with Gasteiger partial charge in [-0.15, -0.1) is 24.8 Å². The molecule has 0 aliphatic rings. The Labute approximate surface area is 118 Å². The first kappa shape index (κ1) is 15.3. The van der Waals surface area contributed by atoms with Gasteiger partial charge < -0.3 is 9.84 Å². The second-order valence-corrected chi connectivity index (χ2v) is 4.47. The zero-order valence-corrected chi connectivity index (χ0v) is 11.5. The molecule has 1 heterocycles. The fraction of sp³-hybridized carbons (Fsp3) is 0.333. The Bertz CT molecular complexity index is 467. The molecule has 0 aliphatic heterocycles. The van der Waals surface area contributed by atoms with Crippen molar-refractivity contribution in [3.05, 3.63) is 21.0 Å². The molecule has 4 nitrogen and oxygen atoms in total. The summed E-state index contributed by atoms with van der Waals surface area (Å²) in [5.41, 5.74) is 0.105. The number of pyridine rings is 1. The van der Waals surface area contributed by atoms with Gasteiger partial charge in [-0.2, -0.15) is 0 Å². The summed E-state index contributed by atoms with van der Waals surface area (Å²) in [6.07, 6.45) is -5.36. The van der Waals surface area contributed by atoms with Crippen molar-refractivity contribution in [3.63, 3.8) is 0 Å². The molecule has 0 unspecified atom stereocenters. The molecule has 1 N–H and O–H groups in total. The Balaban J connectivity index is 3.20. The number of alkyl halides is 4. The van der Waals surface area contributed by atoms with Gasteiger partial charge in [0.2, 0.25) is 0 Å². The predicted octanol–water partition coefficient (Wildman–Crippen LogP) is 2.95. The summed E-state index contributed by atoms with van der Waals surface area (Å²) in [6.45, 7) is 0. The third kappa shape index (κ3) is 4.48. The van der Waals surface area contributed by atoms with Crippen molar-refractivity contribution in [2.45, 2.75) is 18.7 Å². The molecule has 9 heteroatoms. The van der Waals surface area contributed by atoms with Crippen LogP contribution in [0.3, 0.4) is 0 Å². The highest BCUT2D eigenvalue weighted by Gasteiger charge is 2.32. The number of nitrogens with zero attached hydrogens (tertiary/aromatic N) is 1. The molecule has 18 heavy (non-hydrogen) atoms. The third-order valence-corrected chi connectivity index (χ3v) is 3.16. The minimum Gasteiger partial charge on any atom is -0.481 e. The molecule has 0 atom stereocenters. The standard InChI is InChI=1S/C9H6ClF3INO3/c10-3-4-1-6(18-9(11,12)13)8(14)5(15-4)2-7(16)17/h1H,2-3H2,(H,16,17). The van der Waals surface area contributed by atoms with Crippen LogP contribution in [0.2, 0.25) is 0 Å². The molecule has 0 amide bonds. The van der Waals surface area contributed by atoms with Crippen LogP contribution in [-0.4, -0.2) is 22.4 Å². The monoisotopic (exact) mass is 395 g/mol. The highest BCUT2D eigenvalue weighted by molar-refractivity contribution is 14.1. The highest BCUT2D eigenvalue weighted by Crippen LogP contribution is 2.30. The second-order valence-electron chi connectivity index (χ2n) is 3.12. The van der Waals surface area contributed by atoms with E-state index in [1.807, 2.05) is 0 Å². The third-order valence-electron chi connectivity index (χ3n) is 1.73. The van der Waals surface area contributed by atoms with Crippen molar-refractivity contribution in [2.75, 3.05) is 0 Å². The van der Waals surface area contributed by atoms with E-state index in [0.717, 1.165) is 6.07 Å². The van der Waals surface area contributed by atoms with Crippen LogP contribution in [0, 0.1) is 3.57 Å². The minimum atomic E-state index is -4.86. The highest BCUT2D eigenvalue weighted by atomic mass is 127. The number of halogens is 5. The van der Waals surface area contributed by atoms with Crippen LogP contribution < -0.4 is 4.74 Å². The van der Waals surface area contributed by atoms with Crippen LogP contribution in [0.5, 0.6) is 5.75 Å². The molecule has 0 spiro atoms. The number of hydrogen-bond acceptors (Lipinski definition) is 3. The van der Waals surface area contributed by atoms with Gasteiger partial charge in [-0.25, -0.2) is 0 Å². The van der Waals surface area contributed by atoms with Crippen LogP contribution in [0.4, 0.5) is 13.2 Å². The summed E-state index contributed by atoms with van der Waals surface area (Å²) in [5.74, 6) is -1.84. The number of rotatable bonds is 4. The van der Waals surface area contributed by atoms with Gasteiger partial charge in [0.05, 0.1) is 27.3 Å². The maximum absolute atomic E-state index is 12.2. The van der Waals surface area contributed by atoms with Crippen molar-refractivity contribution < 1.29 is 27.8 Å². The summed E-state index contributed by atoms with van der Waals surface area (Å²) in [5, 5.41) is 8.64. The average molecular weight is 396 g/mol. The van der Waals surface area contributed by atoms with Crippen molar-refractivity contribution in [2.24, 2.45) is 0 Å². The van der Waals surface area contributed by atoms with E-state index in [1.54, 1.807) is 22.6 Å². The van der Waals surface area contributed by atoms with Gasteiger partial charge in [-0.1, -0.05) is 0 Å². The van der Waals surface area contributed by atoms with Crippen LogP contribution in [0.15, 0.2) is 6.07 Å². The van der Waals surface area contributed by atoms with Crippen LogP contribution >= 0.6 is 34.2 Å². The molecule has 0 fully saturated rings. The molecule has 1 rings (SSSR count). The van der Waals surface area contributed by atoms with Crippen molar-refractivity contribution in [1.82, 2.24) is 4.98 Å². The van der Waals surface area contributed by atoms with Crippen LogP contribution in [0.1, 0.15) is 11.4 Å².